The van der Waals surface area contributed by atoms with Gasteiger partial charge in [0.1, 0.15) is 19.0 Å². The topological polar surface area (TPSA) is 44.5 Å². The van der Waals surface area contributed by atoms with Crippen molar-refractivity contribution in [1.29, 1.82) is 0 Å². The summed E-state index contributed by atoms with van der Waals surface area (Å²) < 4.78 is 24.4. The van der Waals surface area contributed by atoms with E-state index in [2.05, 4.69) is 0 Å². The second kappa shape index (κ2) is 6.75. The van der Waals surface area contributed by atoms with Crippen molar-refractivity contribution in [3.8, 4) is 11.5 Å². The number of para-hydroxylation sites is 2. The minimum absolute atomic E-state index is 0.210. The van der Waals surface area contributed by atoms with Gasteiger partial charge in [0.15, 0.2) is 11.6 Å². The molecule has 2 rings (SSSR count). The third kappa shape index (κ3) is 3.69. The van der Waals surface area contributed by atoms with E-state index in [0.717, 1.165) is 5.75 Å². The molecular formula is C15H16FNO2. The average Bonchev–Trinajstić information content (AvgIpc) is 2.46. The molecule has 0 aliphatic carbocycles. The summed E-state index contributed by atoms with van der Waals surface area (Å²) in [6, 6.07) is 14.1. The zero-order valence-electron chi connectivity index (χ0n) is 10.5. The van der Waals surface area contributed by atoms with Crippen LogP contribution in [0, 0.1) is 5.82 Å². The van der Waals surface area contributed by atoms with Crippen molar-refractivity contribution in [2.24, 2.45) is 5.73 Å². The molecule has 0 radical (unpaired) electrons. The van der Waals surface area contributed by atoms with Crippen LogP contribution in [0.4, 0.5) is 4.39 Å². The fourth-order valence-corrected chi connectivity index (χ4v) is 1.70. The molecule has 4 heteroatoms. The van der Waals surface area contributed by atoms with Crippen LogP contribution in [0.3, 0.4) is 0 Å². The molecule has 0 aliphatic heterocycles. The SMILES string of the molecule is NCc1cccc(F)c1OCCOc1ccccc1. The first-order valence-electron chi connectivity index (χ1n) is 6.09. The van der Waals surface area contributed by atoms with Gasteiger partial charge in [0, 0.05) is 12.1 Å². The zero-order valence-corrected chi connectivity index (χ0v) is 10.5. The van der Waals surface area contributed by atoms with E-state index in [1.54, 1.807) is 12.1 Å². The van der Waals surface area contributed by atoms with Gasteiger partial charge in [-0.3, -0.25) is 0 Å². The highest BCUT2D eigenvalue weighted by Crippen LogP contribution is 2.22. The Morgan fingerprint density at radius 2 is 1.63 bits per heavy atom. The Labute approximate surface area is 111 Å². The number of benzene rings is 2. The molecule has 100 valence electrons. The van der Waals surface area contributed by atoms with Gasteiger partial charge in [0.05, 0.1) is 0 Å². The smallest absolute Gasteiger partial charge is 0.165 e. The van der Waals surface area contributed by atoms with Crippen molar-refractivity contribution >= 4 is 0 Å². The summed E-state index contributed by atoms with van der Waals surface area (Å²) in [4.78, 5) is 0. The molecule has 2 aromatic carbocycles. The molecule has 0 saturated heterocycles. The lowest BCUT2D eigenvalue weighted by Crippen LogP contribution is -2.12. The van der Waals surface area contributed by atoms with E-state index in [0.29, 0.717) is 12.2 Å². The first-order chi connectivity index (χ1) is 9.31. The molecule has 0 bridgehead atoms. The lowest BCUT2D eigenvalue weighted by molar-refractivity contribution is 0.210. The fraction of sp³-hybridized carbons (Fsp3) is 0.200. The molecule has 0 heterocycles. The molecule has 0 saturated carbocycles. The minimum Gasteiger partial charge on any atom is -0.490 e. The Bertz CT molecular complexity index is 517. The predicted molar refractivity (Wildman–Crippen MR) is 71.7 cm³/mol. The first kappa shape index (κ1) is 13.4. The minimum atomic E-state index is -0.400. The Morgan fingerprint density at radius 1 is 0.895 bits per heavy atom. The summed E-state index contributed by atoms with van der Waals surface area (Å²) in [5, 5.41) is 0. The van der Waals surface area contributed by atoms with E-state index in [1.807, 2.05) is 30.3 Å². The molecule has 0 fully saturated rings. The van der Waals surface area contributed by atoms with Crippen molar-refractivity contribution in [3.63, 3.8) is 0 Å². The van der Waals surface area contributed by atoms with Gasteiger partial charge < -0.3 is 15.2 Å². The van der Waals surface area contributed by atoms with Gasteiger partial charge in [-0.15, -0.1) is 0 Å². The van der Waals surface area contributed by atoms with Crippen molar-refractivity contribution in [1.82, 2.24) is 0 Å². The summed E-state index contributed by atoms with van der Waals surface area (Å²) >= 11 is 0. The number of hydrogen-bond donors (Lipinski definition) is 1. The van der Waals surface area contributed by atoms with Crippen LogP contribution < -0.4 is 15.2 Å². The summed E-state index contributed by atoms with van der Waals surface area (Å²) in [7, 11) is 0. The zero-order chi connectivity index (χ0) is 13.5. The third-order valence-corrected chi connectivity index (χ3v) is 2.61. The van der Waals surface area contributed by atoms with Crippen molar-refractivity contribution in [2.75, 3.05) is 13.2 Å². The normalized spacial score (nSPS) is 10.2. The Balaban J connectivity index is 1.86. The van der Waals surface area contributed by atoms with Crippen LogP contribution in [-0.4, -0.2) is 13.2 Å². The van der Waals surface area contributed by atoms with Gasteiger partial charge in [0.2, 0.25) is 0 Å². The molecule has 0 spiro atoms. The van der Waals surface area contributed by atoms with Crippen molar-refractivity contribution in [3.05, 3.63) is 59.9 Å². The highest BCUT2D eigenvalue weighted by Gasteiger charge is 2.08. The summed E-state index contributed by atoms with van der Waals surface area (Å²) in [6.07, 6.45) is 0. The quantitative estimate of drug-likeness (QED) is 0.813. The Kier molecular flexibility index (Phi) is 4.75. The van der Waals surface area contributed by atoms with Crippen LogP contribution >= 0.6 is 0 Å². The lowest BCUT2D eigenvalue weighted by atomic mass is 10.2. The number of rotatable bonds is 6. The second-order valence-corrected chi connectivity index (χ2v) is 3.94. The molecule has 0 aliphatic rings. The second-order valence-electron chi connectivity index (χ2n) is 3.94. The first-order valence-corrected chi connectivity index (χ1v) is 6.09. The van der Waals surface area contributed by atoms with E-state index < -0.39 is 5.82 Å². The molecule has 2 aromatic rings. The predicted octanol–water partition coefficient (Wildman–Crippen LogP) is 2.74. The van der Waals surface area contributed by atoms with Gasteiger partial charge >= 0.3 is 0 Å². The maximum Gasteiger partial charge on any atom is 0.165 e. The van der Waals surface area contributed by atoms with Crippen LogP contribution in [0.2, 0.25) is 0 Å². The largest absolute Gasteiger partial charge is 0.490 e. The van der Waals surface area contributed by atoms with Gasteiger partial charge in [-0.1, -0.05) is 30.3 Å². The summed E-state index contributed by atoms with van der Waals surface area (Å²) in [6.45, 7) is 0.859. The van der Waals surface area contributed by atoms with E-state index in [1.165, 1.54) is 6.07 Å². The van der Waals surface area contributed by atoms with Crippen LogP contribution in [0.25, 0.3) is 0 Å². The highest BCUT2D eigenvalue weighted by molar-refractivity contribution is 5.34. The number of ether oxygens (including phenoxy) is 2. The molecule has 0 atom stereocenters. The molecular weight excluding hydrogens is 245 g/mol. The van der Waals surface area contributed by atoms with Crippen LogP contribution in [0.1, 0.15) is 5.56 Å². The van der Waals surface area contributed by atoms with Gasteiger partial charge in [-0.2, -0.15) is 0 Å². The number of hydrogen-bond acceptors (Lipinski definition) is 3. The maximum absolute atomic E-state index is 13.6. The summed E-state index contributed by atoms with van der Waals surface area (Å²) in [5.74, 6) is 0.572. The van der Waals surface area contributed by atoms with E-state index >= 15 is 0 Å². The van der Waals surface area contributed by atoms with Gasteiger partial charge in [-0.05, 0) is 18.2 Å². The molecule has 0 unspecified atom stereocenters. The Morgan fingerprint density at radius 3 is 2.37 bits per heavy atom. The molecule has 3 nitrogen and oxygen atoms in total. The van der Waals surface area contributed by atoms with E-state index in [-0.39, 0.29) is 18.9 Å². The molecule has 0 aromatic heterocycles. The van der Waals surface area contributed by atoms with Gasteiger partial charge in [-0.25, -0.2) is 4.39 Å². The molecule has 19 heavy (non-hydrogen) atoms. The lowest BCUT2D eigenvalue weighted by Gasteiger charge is -2.12. The van der Waals surface area contributed by atoms with Crippen LogP contribution in [-0.2, 0) is 6.54 Å². The third-order valence-electron chi connectivity index (χ3n) is 2.61. The number of nitrogens with two attached hydrogens (primary N) is 1. The molecule has 2 N–H and O–H groups in total. The highest BCUT2D eigenvalue weighted by atomic mass is 19.1. The van der Waals surface area contributed by atoms with Gasteiger partial charge in [0.25, 0.3) is 0 Å². The van der Waals surface area contributed by atoms with Crippen LogP contribution in [0.15, 0.2) is 48.5 Å². The number of halogens is 1. The summed E-state index contributed by atoms with van der Waals surface area (Å²) in [5.41, 5.74) is 6.19. The maximum atomic E-state index is 13.6. The van der Waals surface area contributed by atoms with Crippen LogP contribution in [0.5, 0.6) is 11.5 Å². The van der Waals surface area contributed by atoms with E-state index in [9.17, 15) is 4.39 Å². The fourth-order valence-electron chi connectivity index (χ4n) is 1.70. The van der Waals surface area contributed by atoms with Crippen molar-refractivity contribution in [2.45, 2.75) is 6.54 Å². The van der Waals surface area contributed by atoms with Crippen molar-refractivity contribution < 1.29 is 13.9 Å². The average molecular weight is 261 g/mol. The molecule has 0 amide bonds. The standard InChI is InChI=1S/C15H16FNO2/c16-14-8-4-5-12(11-17)15(14)19-10-9-18-13-6-2-1-3-7-13/h1-8H,9-11,17H2. The Hall–Kier alpha value is -2.07. The monoisotopic (exact) mass is 261 g/mol. The van der Waals surface area contributed by atoms with E-state index in [4.69, 9.17) is 15.2 Å².